The van der Waals surface area contributed by atoms with E-state index in [2.05, 4.69) is 20.9 Å². The summed E-state index contributed by atoms with van der Waals surface area (Å²) in [5.74, 6) is -0.726. The highest BCUT2D eigenvalue weighted by Crippen LogP contribution is 2.44. The van der Waals surface area contributed by atoms with Gasteiger partial charge >= 0.3 is 0 Å². The van der Waals surface area contributed by atoms with E-state index in [1.165, 1.54) is 6.08 Å². The van der Waals surface area contributed by atoms with Crippen LogP contribution in [-0.2, 0) is 4.79 Å². The van der Waals surface area contributed by atoms with Gasteiger partial charge in [-0.1, -0.05) is 0 Å². The molecule has 4 rings (SSSR count). The number of piperidine rings is 1. The smallest absolute Gasteiger partial charge is 0.245 e. The minimum Gasteiger partial charge on any atom is -0.391 e. The summed E-state index contributed by atoms with van der Waals surface area (Å²) in [5, 5.41) is 28.9. The van der Waals surface area contributed by atoms with Gasteiger partial charge in [-0.15, -0.1) is 0 Å². The van der Waals surface area contributed by atoms with Crippen molar-refractivity contribution < 1.29 is 14.3 Å². The molecule has 0 bridgehead atoms. The largest absolute Gasteiger partial charge is 0.391 e. The number of nitriles is 1. The molecule has 1 aromatic rings. The maximum atomic E-state index is 14.5. The summed E-state index contributed by atoms with van der Waals surface area (Å²) in [7, 11) is 0. The molecule has 8 nitrogen and oxygen atoms in total. The number of hydrogen-bond donors (Lipinski definition) is 4. The molecule has 1 amide bonds. The van der Waals surface area contributed by atoms with Gasteiger partial charge in [0.25, 0.3) is 0 Å². The minimum absolute atomic E-state index is 0.152. The van der Waals surface area contributed by atoms with Crippen LogP contribution in [0.15, 0.2) is 41.6 Å². The van der Waals surface area contributed by atoms with Gasteiger partial charge in [0.1, 0.15) is 23.1 Å². The van der Waals surface area contributed by atoms with Gasteiger partial charge in [-0.05, 0) is 38.5 Å². The van der Waals surface area contributed by atoms with Crippen LogP contribution in [0.1, 0.15) is 32.4 Å². The number of likely N-dealkylation sites (N-methyl/N-ethyl adjacent to an activating group) is 1. The Balaban J connectivity index is 1.57. The Labute approximate surface area is 180 Å². The van der Waals surface area contributed by atoms with Crippen LogP contribution in [0.4, 0.5) is 10.1 Å². The van der Waals surface area contributed by atoms with Crippen LogP contribution in [-0.4, -0.2) is 58.2 Å². The van der Waals surface area contributed by atoms with Gasteiger partial charge in [-0.2, -0.15) is 5.26 Å². The van der Waals surface area contributed by atoms with Crippen LogP contribution in [0.25, 0.3) is 0 Å². The lowest BCUT2D eigenvalue weighted by atomic mass is 9.78. The predicted octanol–water partition coefficient (Wildman–Crippen LogP) is 1.38. The quantitative estimate of drug-likeness (QED) is 0.563. The Morgan fingerprint density at radius 2 is 2.29 bits per heavy atom. The number of carbonyl (C=O) groups excluding carboxylic acids is 1. The van der Waals surface area contributed by atoms with Gasteiger partial charge < -0.3 is 21.1 Å². The first-order valence-electron chi connectivity index (χ1n) is 10.6. The van der Waals surface area contributed by atoms with Crippen molar-refractivity contribution in [1.29, 1.82) is 5.26 Å². The molecule has 1 aliphatic carbocycles. The summed E-state index contributed by atoms with van der Waals surface area (Å²) in [6.07, 6.45) is 3.06. The number of allylic oxidation sites excluding steroid dienone is 2. The third-order valence-corrected chi connectivity index (χ3v) is 6.56. The lowest BCUT2D eigenvalue weighted by Crippen LogP contribution is -2.62. The number of nitrogens with zero attached hydrogens (tertiary/aromatic N) is 3. The molecule has 3 heterocycles. The summed E-state index contributed by atoms with van der Waals surface area (Å²) in [6.45, 7) is 5.36. The molecule has 4 atom stereocenters. The number of anilines is 1. The molecule has 2 aliphatic heterocycles. The van der Waals surface area contributed by atoms with Crippen LogP contribution < -0.4 is 16.0 Å². The number of carbonyl (C=O) groups is 1. The van der Waals surface area contributed by atoms with E-state index >= 15 is 0 Å². The van der Waals surface area contributed by atoms with Crippen molar-refractivity contribution in [2.24, 2.45) is 5.92 Å². The minimum atomic E-state index is -0.926. The zero-order valence-corrected chi connectivity index (χ0v) is 17.7. The number of rotatable bonds is 5. The third kappa shape index (κ3) is 3.77. The molecule has 3 aliphatic rings. The number of halogens is 1. The van der Waals surface area contributed by atoms with Gasteiger partial charge in [-0.3, -0.25) is 9.69 Å². The molecule has 4 N–H and O–H groups in total. The molecule has 2 fully saturated rings. The highest BCUT2D eigenvalue weighted by Gasteiger charge is 2.56. The number of amides is 1. The number of aliphatic hydroxyl groups is 1. The summed E-state index contributed by atoms with van der Waals surface area (Å²) in [5.41, 5.74) is 1.44. The average molecular weight is 426 g/mol. The van der Waals surface area contributed by atoms with E-state index in [1.54, 1.807) is 18.3 Å². The Morgan fingerprint density at radius 1 is 1.48 bits per heavy atom. The molecular formula is C22H27FN6O2. The normalized spacial score (nSPS) is 30.9. The van der Waals surface area contributed by atoms with E-state index < -0.39 is 11.6 Å². The Bertz CT molecular complexity index is 969. The maximum absolute atomic E-state index is 14.5. The van der Waals surface area contributed by atoms with Crippen molar-refractivity contribution in [2.45, 2.75) is 44.4 Å². The van der Waals surface area contributed by atoms with Crippen molar-refractivity contribution in [3.63, 3.8) is 0 Å². The number of pyridine rings is 1. The Morgan fingerprint density at radius 3 is 2.97 bits per heavy atom. The number of aliphatic hydroxyl groups excluding tert-OH is 1. The van der Waals surface area contributed by atoms with E-state index in [0.717, 1.165) is 5.70 Å². The highest BCUT2D eigenvalue weighted by atomic mass is 19.1. The van der Waals surface area contributed by atoms with Gasteiger partial charge in [0.15, 0.2) is 0 Å². The van der Waals surface area contributed by atoms with Crippen LogP contribution in [0.3, 0.4) is 0 Å². The second-order valence-electron chi connectivity index (χ2n) is 8.40. The number of nitrogens with one attached hydrogen (secondary N) is 3. The predicted molar refractivity (Wildman–Crippen MR) is 113 cm³/mol. The number of hydrogen-bond acceptors (Lipinski definition) is 7. The molecule has 164 valence electrons. The second-order valence-corrected chi connectivity index (χ2v) is 8.40. The maximum Gasteiger partial charge on any atom is 0.245 e. The van der Waals surface area contributed by atoms with Crippen LogP contribution >= 0.6 is 0 Å². The van der Waals surface area contributed by atoms with Crippen molar-refractivity contribution in [3.05, 3.63) is 47.3 Å². The topological polar surface area (TPSA) is 113 Å². The first-order chi connectivity index (χ1) is 14.9. The van der Waals surface area contributed by atoms with Crippen LogP contribution in [0.5, 0.6) is 0 Å². The first kappa shape index (κ1) is 21.3. The molecule has 2 saturated heterocycles. The molecule has 31 heavy (non-hydrogen) atoms. The molecule has 2 unspecified atom stereocenters. The standard InChI is InChI=1S/C22H27FN6O2/c1-3-25-17-9-13(23)8-16-20(17)28-21(31)22(16,2)29-7-6-19(30)18(12-29)27-15-5-4-14(10-24)26-11-15/h4-5,9,11,16,18-19,25,27,30H,3,6-8,12H2,1-2H3,(H,28,31)/t16?,18-,19+,22?/m0/s1. The van der Waals surface area contributed by atoms with Gasteiger partial charge in [0, 0.05) is 37.7 Å². The third-order valence-electron chi connectivity index (χ3n) is 6.56. The van der Waals surface area contributed by atoms with E-state index in [-0.39, 0.29) is 30.1 Å². The van der Waals surface area contributed by atoms with E-state index in [4.69, 9.17) is 5.26 Å². The Hall–Kier alpha value is -2.96. The molecule has 0 aromatic carbocycles. The van der Waals surface area contributed by atoms with E-state index in [1.807, 2.05) is 24.8 Å². The first-order valence-corrected chi connectivity index (χ1v) is 10.6. The molecule has 1 aromatic heterocycles. The van der Waals surface area contributed by atoms with Crippen molar-refractivity contribution in [1.82, 2.24) is 20.5 Å². The SMILES string of the molecule is CCNC1=C2NC(=O)C(C)(N3CC[C@@H](O)[C@@H](Nc4ccc(C#N)nc4)C3)C2CC(F)=C1. The molecule has 9 heteroatoms. The van der Waals surface area contributed by atoms with Crippen molar-refractivity contribution in [3.8, 4) is 6.07 Å². The molecule has 0 spiro atoms. The average Bonchev–Trinajstić information content (AvgIpc) is 3.02. The summed E-state index contributed by atoms with van der Waals surface area (Å²) in [6, 6.07) is 4.99. The fourth-order valence-corrected chi connectivity index (χ4v) is 4.78. The van der Waals surface area contributed by atoms with E-state index in [0.29, 0.717) is 43.1 Å². The van der Waals surface area contributed by atoms with Gasteiger partial charge in [-0.25, -0.2) is 9.37 Å². The fraction of sp³-hybridized carbons (Fsp3) is 0.500. The molecule has 0 saturated carbocycles. The van der Waals surface area contributed by atoms with Crippen LogP contribution in [0, 0.1) is 17.2 Å². The highest BCUT2D eigenvalue weighted by molar-refractivity contribution is 5.92. The van der Waals surface area contributed by atoms with Gasteiger partial charge in [0.05, 0.1) is 29.7 Å². The van der Waals surface area contributed by atoms with E-state index in [9.17, 15) is 14.3 Å². The zero-order chi connectivity index (χ0) is 22.2. The lowest BCUT2D eigenvalue weighted by molar-refractivity contribution is -0.132. The number of aromatic nitrogens is 1. The fourth-order valence-electron chi connectivity index (χ4n) is 4.78. The van der Waals surface area contributed by atoms with Gasteiger partial charge in [0.2, 0.25) is 5.91 Å². The summed E-state index contributed by atoms with van der Waals surface area (Å²) >= 11 is 0. The lowest BCUT2D eigenvalue weighted by Gasteiger charge is -2.46. The zero-order valence-electron chi connectivity index (χ0n) is 17.7. The monoisotopic (exact) mass is 426 g/mol. The van der Waals surface area contributed by atoms with Crippen molar-refractivity contribution >= 4 is 11.6 Å². The summed E-state index contributed by atoms with van der Waals surface area (Å²) in [4.78, 5) is 19.3. The number of fused-ring (bicyclic) bond motifs is 1. The van der Waals surface area contributed by atoms with Crippen molar-refractivity contribution in [2.75, 3.05) is 25.0 Å². The number of likely N-dealkylation sites (tertiary alicyclic amines) is 1. The molecule has 0 radical (unpaired) electrons. The second kappa shape index (κ2) is 8.29. The Kier molecular flexibility index (Phi) is 5.69. The van der Waals surface area contributed by atoms with Crippen LogP contribution in [0.2, 0.25) is 0 Å². The molecular weight excluding hydrogens is 399 g/mol. The summed E-state index contributed by atoms with van der Waals surface area (Å²) < 4.78 is 14.5.